The minimum absolute atomic E-state index is 0.263. The maximum atomic E-state index is 14.9. The lowest BCUT2D eigenvalue weighted by molar-refractivity contribution is 0.251. The van der Waals surface area contributed by atoms with Gasteiger partial charge in [0.1, 0.15) is 29.2 Å². The van der Waals surface area contributed by atoms with Crippen LogP contribution in [0.15, 0.2) is 84.9 Å². The van der Waals surface area contributed by atoms with Crippen molar-refractivity contribution in [3.63, 3.8) is 0 Å². The van der Waals surface area contributed by atoms with Crippen LogP contribution in [0.1, 0.15) is 22.8 Å². The molecular weight excluding hydrogens is 391 g/mol. The lowest BCUT2D eigenvalue weighted by atomic mass is 9.88. The normalized spacial score (nSPS) is 15.1. The zero-order chi connectivity index (χ0) is 21.4. The van der Waals surface area contributed by atoms with Crippen LogP contribution in [0.3, 0.4) is 0 Å². The fourth-order valence-electron chi connectivity index (χ4n) is 4.06. The first-order valence-corrected chi connectivity index (χ1v) is 10.1. The Morgan fingerprint density at radius 2 is 1.55 bits per heavy atom. The van der Waals surface area contributed by atoms with Crippen LogP contribution in [0.25, 0.3) is 16.3 Å². The SMILES string of the molecule is COc1ccc(C2C=C(c3ccccc3F)c3c(ccc4cc(OC)ccc34)O2)cc1. The first kappa shape index (κ1) is 19.2. The first-order chi connectivity index (χ1) is 15.2. The quantitative estimate of drug-likeness (QED) is 0.380. The van der Waals surface area contributed by atoms with Gasteiger partial charge in [-0.1, -0.05) is 36.4 Å². The van der Waals surface area contributed by atoms with E-state index in [0.717, 1.165) is 44.7 Å². The number of ether oxygens (including phenoxy) is 3. The Hall–Kier alpha value is -3.79. The Balaban J connectivity index is 1.72. The van der Waals surface area contributed by atoms with Gasteiger partial charge in [-0.15, -0.1) is 0 Å². The second kappa shape index (κ2) is 7.80. The summed E-state index contributed by atoms with van der Waals surface area (Å²) in [6, 6.07) is 24.4. The first-order valence-electron chi connectivity index (χ1n) is 10.1. The van der Waals surface area contributed by atoms with Crippen molar-refractivity contribution in [1.82, 2.24) is 0 Å². The van der Waals surface area contributed by atoms with Crippen LogP contribution in [0, 0.1) is 5.82 Å². The molecule has 0 saturated carbocycles. The Morgan fingerprint density at radius 1 is 0.806 bits per heavy atom. The summed E-state index contributed by atoms with van der Waals surface area (Å²) >= 11 is 0. The van der Waals surface area contributed by atoms with Crippen LogP contribution in [0.2, 0.25) is 0 Å². The summed E-state index contributed by atoms with van der Waals surface area (Å²) in [4.78, 5) is 0. The van der Waals surface area contributed by atoms with Crippen molar-refractivity contribution in [2.24, 2.45) is 0 Å². The van der Waals surface area contributed by atoms with E-state index in [1.165, 1.54) is 6.07 Å². The minimum Gasteiger partial charge on any atom is -0.497 e. The van der Waals surface area contributed by atoms with Crippen LogP contribution in [-0.4, -0.2) is 14.2 Å². The number of methoxy groups -OCH3 is 2. The van der Waals surface area contributed by atoms with Gasteiger partial charge in [0.25, 0.3) is 0 Å². The summed E-state index contributed by atoms with van der Waals surface area (Å²) in [5.74, 6) is 2.01. The van der Waals surface area contributed by atoms with E-state index in [2.05, 4.69) is 0 Å². The van der Waals surface area contributed by atoms with Crippen LogP contribution in [0.4, 0.5) is 4.39 Å². The predicted molar refractivity (Wildman–Crippen MR) is 120 cm³/mol. The summed E-state index contributed by atoms with van der Waals surface area (Å²) in [6.45, 7) is 0. The molecule has 0 amide bonds. The Kier molecular flexibility index (Phi) is 4.83. The summed E-state index contributed by atoms with van der Waals surface area (Å²) in [5.41, 5.74) is 3.22. The fourth-order valence-corrected chi connectivity index (χ4v) is 4.06. The highest BCUT2D eigenvalue weighted by Crippen LogP contribution is 2.45. The standard InChI is InChI=1S/C27H21FO3/c1-29-19-10-7-17(8-11-19)26-16-23(22-5-3-4-6-24(22)28)27-21-13-12-20(30-2)15-18(21)9-14-25(27)31-26/h3-16,26H,1-2H3. The second-order valence-electron chi connectivity index (χ2n) is 7.40. The molecule has 4 heteroatoms. The number of halogens is 1. The van der Waals surface area contributed by atoms with E-state index < -0.39 is 0 Å². The summed E-state index contributed by atoms with van der Waals surface area (Å²) in [5, 5.41) is 1.99. The molecule has 4 aromatic carbocycles. The highest BCUT2D eigenvalue weighted by Gasteiger charge is 2.26. The average Bonchev–Trinajstić information content (AvgIpc) is 2.83. The van der Waals surface area contributed by atoms with Crippen LogP contribution < -0.4 is 14.2 Å². The number of rotatable bonds is 4. The van der Waals surface area contributed by atoms with Gasteiger partial charge in [0.2, 0.25) is 0 Å². The smallest absolute Gasteiger partial charge is 0.143 e. The molecule has 3 nitrogen and oxygen atoms in total. The molecule has 0 aliphatic carbocycles. The fraction of sp³-hybridized carbons (Fsp3) is 0.111. The van der Waals surface area contributed by atoms with Crippen molar-refractivity contribution >= 4 is 16.3 Å². The largest absolute Gasteiger partial charge is 0.497 e. The zero-order valence-corrected chi connectivity index (χ0v) is 17.3. The van der Waals surface area contributed by atoms with Gasteiger partial charge >= 0.3 is 0 Å². The number of hydrogen-bond acceptors (Lipinski definition) is 3. The van der Waals surface area contributed by atoms with E-state index in [0.29, 0.717) is 5.56 Å². The average molecular weight is 412 g/mol. The number of hydrogen-bond donors (Lipinski definition) is 0. The van der Waals surface area contributed by atoms with E-state index in [4.69, 9.17) is 14.2 Å². The summed E-state index contributed by atoms with van der Waals surface area (Å²) in [6.07, 6.45) is 1.65. The molecule has 4 aromatic rings. The molecule has 5 rings (SSSR count). The molecule has 154 valence electrons. The molecule has 0 bridgehead atoms. The third kappa shape index (κ3) is 3.40. The van der Waals surface area contributed by atoms with Crippen LogP contribution in [0.5, 0.6) is 17.2 Å². The maximum Gasteiger partial charge on any atom is 0.143 e. The molecular formula is C27H21FO3. The zero-order valence-electron chi connectivity index (χ0n) is 17.3. The monoisotopic (exact) mass is 412 g/mol. The van der Waals surface area contributed by atoms with E-state index in [9.17, 15) is 4.39 Å². The van der Waals surface area contributed by atoms with Gasteiger partial charge in [0.15, 0.2) is 0 Å². The molecule has 0 N–H and O–H groups in total. The van der Waals surface area contributed by atoms with Gasteiger partial charge < -0.3 is 14.2 Å². The van der Waals surface area contributed by atoms with E-state index >= 15 is 0 Å². The molecule has 0 saturated heterocycles. The Labute approximate surface area is 180 Å². The highest BCUT2D eigenvalue weighted by atomic mass is 19.1. The van der Waals surface area contributed by atoms with E-state index in [1.54, 1.807) is 20.3 Å². The Bertz CT molecular complexity index is 1290. The lowest BCUT2D eigenvalue weighted by Gasteiger charge is -2.27. The molecule has 1 heterocycles. The van der Waals surface area contributed by atoms with Crippen molar-refractivity contribution in [2.75, 3.05) is 14.2 Å². The predicted octanol–water partition coefficient (Wildman–Crippen LogP) is 6.56. The maximum absolute atomic E-state index is 14.9. The number of fused-ring (bicyclic) bond motifs is 3. The summed E-state index contributed by atoms with van der Waals surface area (Å²) < 4.78 is 31.9. The van der Waals surface area contributed by atoms with Gasteiger partial charge in [0, 0.05) is 11.1 Å². The van der Waals surface area contributed by atoms with Gasteiger partial charge in [-0.25, -0.2) is 4.39 Å². The van der Waals surface area contributed by atoms with Crippen molar-refractivity contribution < 1.29 is 18.6 Å². The van der Waals surface area contributed by atoms with Crippen molar-refractivity contribution in [3.05, 3.63) is 107 Å². The van der Waals surface area contributed by atoms with Crippen molar-refractivity contribution in [3.8, 4) is 17.2 Å². The van der Waals surface area contributed by atoms with E-state index in [1.807, 2.05) is 72.8 Å². The van der Waals surface area contributed by atoms with Gasteiger partial charge in [-0.2, -0.15) is 0 Å². The molecule has 1 aliphatic rings. The third-order valence-electron chi connectivity index (χ3n) is 5.64. The molecule has 0 aromatic heterocycles. The Morgan fingerprint density at radius 3 is 2.29 bits per heavy atom. The third-order valence-corrected chi connectivity index (χ3v) is 5.64. The van der Waals surface area contributed by atoms with Crippen molar-refractivity contribution in [2.45, 2.75) is 6.10 Å². The van der Waals surface area contributed by atoms with Gasteiger partial charge in [-0.05, 0) is 70.4 Å². The lowest BCUT2D eigenvalue weighted by Crippen LogP contribution is -2.13. The highest BCUT2D eigenvalue weighted by molar-refractivity contribution is 6.01. The molecule has 0 spiro atoms. The molecule has 1 atom stereocenters. The van der Waals surface area contributed by atoms with Crippen molar-refractivity contribution in [1.29, 1.82) is 0 Å². The van der Waals surface area contributed by atoms with Gasteiger partial charge in [0.05, 0.1) is 14.2 Å². The minimum atomic E-state index is -0.344. The van der Waals surface area contributed by atoms with E-state index in [-0.39, 0.29) is 11.9 Å². The second-order valence-corrected chi connectivity index (χ2v) is 7.40. The molecule has 0 fully saturated rings. The number of benzene rings is 4. The summed E-state index contributed by atoms with van der Waals surface area (Å²) in [7, 11) is 3.28. The molecule has 31 heavy (non-hydrogen) atoms. The van der Waals surface area contributed by atoms with Crippen LogP contribution in [-0.2, 0) is 0 Å². The molecule has 1 aliphatic heterocycles. The topological polar surface area (TPSA) is 27.7 Å². The van der Waals surface area contributed by atoms with Crippen LogP contribution >= 0.6 is 0 Å². The molecule has 1 unspecified atom stereocenters. The van der Waals surface area contributed by atoms with Gasteiger partial charge in [-0.3, -0.25) is 0 Å². The molecule has 0 radical (unpaired) electrons.